The van der Waals surface area contributed by atoms with Crippen molar-refractivity contribution in [1.29, 1.82) is 0 Å². The predicted molar refractivity (Wildman–Crippen MR) is 82.6 cm³/mol. The van der Waals surface area contributed by atoms with Crippen molar-refractivity contribution in [2.75, 3.05) is 26.9 Å². The number of nitrogens with one attached hydrogen (secondary N) is 1. The molecule has 1 aromatic carbocycles. The predicted octanol–water partition coefficient (Wildman–Crippen LogP) is 1.70. The Balaban J connectivity index is 1.81. The Hall–Kier alpha value is -1.59. The van der Waals surface area contributed by atoms with E-state index in [1.54, 1.807) is 13.2 Å². The van der Waals surface area contributed by atoms with E-state index >= 15 is 0 Å². The molecule has 0 radical (unpaired) electrons. The normalized spacial score (nSPS) is 20.4. The molecule has 3 rings (SSSR count). The van der Waals surface area contributed by atoms with Crippen molar-refractivity contribution in [3.8, 4) is 11.5 Å². The van der Waals surface area contributed by atoms with Crippen LogP contribution in [0.1, 0.15) is 12.0 Å². The van der Waals surface area contributed by atoms with Crippen LogP contribution in [0.4, 0.5) is 0 Å². The number of ether oxygens (including phenoxy) is 2. The third-order valence-electron chi connectivity index (χ3n) is 3.95. The van der Waals surface area contributed by atoms with Gasteiger partial charge in [-0.1, -0.05) is 11.6 Å². The highest BCUT2D eigenvalue weighted by Crippen LogP contribution is 2.38. The van der Waals surface area contributed by atoms with Gasteiger partial charge in [-0.05, 0) is 19.0 Å². The summed E-state index contributed by atoms with van der Waals surface area (Å²) in [7, 11) is 1.64. The SMILES string of the molecule is COc1cc(Cl)c2c(c1)C[C@@H](N1CNC=C1CCN)CO2. The molecule has 0 aliphatic carbocycles. The number of benzene rings is 1. The van der Waals surface area contributed by atoms with Crippen molar-refractivity contribution >= 4 is 11.6 Å². The summed E-state index contributed by atoms with van der Waals surface area (Å²) in [5.74, 6) is 1.55. The first-order valence-electron chi connectivity index (χ1n) is 7.11. The van der Waals surface area contributed by atoms with Crippen molar-refractivity contribution in [1.82, 2.24) is 10.2 Å². The minimum absolute atomic E-state index is 0.286. The van der Waals surface area contributed by atoms with Gasteiger partial charge in [-0.3, -0.25) is 0 Å². The molecule has 1 aromatic rings. The van der Waals surface area contributed by atoms with Gasteiger partial charge >= 0.3 is 0 Å². The molecule has 1 atom stereocenters. The molecule has 5 nitrogen and oxygen atoms in total. The number of nitrogens with two attached hydrogens (primary N) is 1. The lowest BCUT2D eigenvalue weighted by molar-refractivity contribution is 0.151. The van der Waals surface area contributed by atoms with Crippen molar-refractivity contribution in [3.05, 3.63) is 34.6 Å². The molecule has 0 bridgehead atoms. The Bertz CT molecular complexity index is 562. The molecule has 21 heavy (non-hydrogen) atoms. The first-order chi connectivity index (χ1) is 10.2. The van der Waals surface area contributed by atoms with Crippen LogP contribution in [0, 0.1) is 0 Å². The van der Waals surface area contributed by atoms with E-state index in [1.165, 1.54) is 5.70 Å². The van der Waals surface area contributed by atoms with Gasteiger partial charge in [-0.2, -0.15) is 0 Å². The largest absolute Gasteiger partial charge is 0.497 e. The Labute approximate surface area is 129 Å². The number of hydrogen-bond acceptors (Lipinski definition) is 5. The van der Waals surface area contributed by atoms with Crippen molar-refractivity contribution in [3.63, 3.8) is 0 Å². The van der Waals surface area contributed by atoms with Crippen LogP contribution in [0.5, 0.6) is 11.5 Å². The summed E-state index contributed by atoms with van der Waals surface area (Å²) in [5.41, 5.74) is 8.01. The molecule has 0 unspecified atom stereocenters. The van der Waals surface area contributed by atoms with E-state index in [9.17, 15) is 0 Å². The van der Waals surface area contributed by atoms with Gasteiger partial charge in [-0.15, -0.1) is 0 Å². The van der Waals surface area contributed by atoms with E-state index < -0.39 is 0 Å². The lowest BCUT2D eigenvalue weighted by Crippen LogP contribution is -2.43. The zero-order chi connectivity index (χ0) is 14.8. The van der Waals surface area contributed by atoms with Gasteiger partial charge < -0.3 is 25.4 Å². The quantitative estimate of drug-likeness (QED) is 0.886. The third-order valence-corrected chi connectivity index (χ3v) is 4.23. The molecule has 6 heteroatoms. The van der Waals surface area contributed by atoms with Gasteiger partial charge in [0.1, 0.15) is 18.1 Å². The lowest BCUT2D eigenvalue weighted by Gasteiger charge is -2.35. The van der Waals surface area contributed by atoms with E-state index in [2.05, 4.69) is 10.2 Å². The number of nitrogens with zero attached hydrogens (tertiary/aromatic N) is 1. The van der Waals surface area contributed by atoms with Gasteiger partial charge in [0.2, 0.25) is 0 Å². The molecule has 2 aliphatic heterocycles. The molecule has 2 aliphatic rings. The molecule has 0 saturated carbocycles. The van der Waals surface area contributed by atoms with Crippen LogP contribution >= 0.6 is 11.6 Å². The first-order valence-corrected chi connectivity index (χ1v) is 7.49. The molecule has 3 N–H and O–H groups in total. The monoisotopic (exact) mass is 309 g/mol. The van der Waals surface area contributed by atoms with E-state index in [0.717, 1.165) is 36.6 Å². The molecule has 0 aromatic heterocycles. The Morgan fingerprint density at radius 1 is 1.52 bits per heavy atom. The summed E-state index contributed by atoms with van der Waals surface area (Å²) in [6.45, 7) is 2.08. The highest BCUT2D eigenvalue weighted by molar-refractivity contribution is 6.32. The smallest absolute Gasteiger partial charge is 0.141 e. The van der Waals surface area contributed by atoms with Crippen molar-refractivity contribution < 1.29 is 9.47 Å². The van der Waals surface area contributed by atoms with E-state index in [1.807, 2.05) is 12.3 Å². The number of fused-ring (bicyclic) bond motifs is 1. The van der Waals surface area contributed by atoms with Gasteiger partial charge in [0.15, 0.2) is 0 Å². The highest BCUT2D eigenvalue weighted by Gasteiger charge is 2.30. The fourth-order valence-corrected chi connectivity index (χ4v) is 3.20. The number of hydrogen-bond donors (Lipinski definition) is 2. The minimum Gasteiger partial charge on any atom is -0.497 e. The van der Waals surface area contributed by atoms with Crippen molar-refractivity contribution in [2.24, 2.45) is 5.73 Å². The number of halogens is 1. The van der Waals surface area contributed by atoms with E-state index in [-0.39, 0.29) is 6.04 Å². The highest BCUT2D eigenvalue weighted by atomic mass is 35.5. The molecule has 114 valence electrons. The maximum absolute atomic E-state index is 6.25. The summed E-state index contributed by atoms with van der Waals surface area (Å²) >= 11 is 6.25. The van der Waals surface area contributed by atoms with Gasteiger partial charge in [0, 0.05) is 29.9 Å². The number of rotatable bonds is 4. The summed E-state index contributed by atoms with van der Waals surface area (Å²) < 4.78 is 11.2. The average molecular weight is 310 g/mol. The second-order valence-corrected chi connectivity index (χ2v) is 5.68. The fourth-order valence-electron chi connectivity index (χ4n) is 2.92. The lowest BCUT2D eigenvalue weighted by atomic mass is 10.0. The maximum Gasteiger partial charge on any atom is 0.141 e. The summed E-state index contributed by atoms with van der Waals surface area (Å²) in [4.78, 5) is 2.32. The van der Waals surface area contributed by atoms with E-state index in [4.69, 9.17) is 26.8 Å². The maximum atomic E-state index is 6.25. The van der Waals surface area contributed by atoms with Crippen LogP contribution in [0.3, 0.4) is 0 Å². The van der Waals surface area contributed by atoms with Crippen LogP contribution in [-0.4, -0.2) is 37.9 Å². The molecular weight excluding hydrogens is 290 g/mol. The molecule has 2 heterocycles. The zero-order valence-electron chi connectivity index (χ0n) is 12.1. The van der Waals surface area contributed by atoms with Gasteiger partial charge in [0.25, 0.3) is 0 Å². The van der Waals surface area contributed by atoms with Crippen molar-refractivity contribution in [2.45, 2.75) is 18.9 Å². The van der Waals surface area contributed by atoms with Gasteiger partial charge in [-0.25, -0.2) is 0 Å². The van der Waals surface area contributed by atoms with Crippen LogP contribution < -0.4 is 20.5 Å². The number of methoxy groups -OCH3 is 1. The molecule has 0 spiro atoms. The standard InChI is InChI=1S/C15H20ClN3O2/c1-20-13-5-10-4-12(8-21-15(10)14(16)6-13)19-9-18-7-11(19)2-3-17/h5-7,12,18H,2-4,8-9,17H2,1H3/t12-/m1/s1. The Morgan fingerprint density at radius 2 is 2.38 bits per heavy atom. The molecule has 0 saturated heterocycles. The third kappa shape index (κ3) is 2.76. The molecular formula is C15H20ClN3O2. The Kier molecular flexibility index (Phi) is 4.12. The zero-order valence-corrected chi connectivity index (χ0v) is 12.8. The second kappa shape index (κ2) is 6.03. The topological polar surface area (TPSA) is 59.8 Å². The minimum atomic E-state index is 0.286. The van der Waals surface area contributed by atoms with Crippen LogP contribution in [0.15, 0.2) is 24.0 Å². The summed E-state index contributed by atoms with van der Waals surface area (Å²) in [6.07, 6.45) is 3.80. The van der Waals surface area contributed by atoms with Crippen LogP contribution in [0.2, 0.25) is 5.02 Å². The second-order valence-electron chi connectivity index (χ2n) is 5.27. The van der Waals surface area contributed by atoms with Crippen LogP contribution in [-0.2, 0) is 6.42 Å². The van der Waals surface area contributed by atoms with Gasteiger partial charge in [0.05, 0.1) is 24.8 Å². The molecule has 0 amide bonds. The first kappa shape index (κ1) is 14.4. The molecule has 0 fully saturated rings. The van der Waals surface area contributed by atoms with E-state index in [0.29, 0.717) is 18.2 Å². The summed E-state index contributed by atoms with van der Waals surface area (Å²) in [5, 5.41) is 3.88. The fraction of sp³-hybridized carbons (Fsp3) is 0.467. The average Bonchev–Trinajstić information content (AvgIpc) is 2.95. The Morgan fingerprint density at radius 3 is 3.14 bits per heavy atom. The van der Waals surface area contributed by atoms with Crippen LogP contribution in [0.25, 0.3) is 0 Å². The summed E-state index contributed by atoms with van der Waals surface area (Å²) in [6, 6.07) is 4.08.